The highest BCUT2D eigenvalue weighted by molar-refractivity contribution is 9.10. The van der Waals surface area contributed by atoms with Gasteiger partial charge >= 0.3 is 0 Å². The molecule has 100 valence electrons. The summed E-state index contributed by atoms with van der Waals surface area (Å²) in [6, 6.07) is 10.5. The summed E-state index contributed by atoms with van der Waals surface area (Å²) < 4.78 is 6.47. The van der Waals surface area contributed by atoms with E-state index >= 15 is 0 Å². The number of aliphatic hydroxyl groups excluding tert-OH is 1. The van der Waals surface area contributed by atoms with Gasteiger partial charge in [0.05, 0.1) is 16.1 Å². The highest BCUT2D eigenvalue weighted by Crippen LogP contribution is 2.32. The predicted octanol–water partition coefficient (Wildman–Crippen LogP) is 5.60. The molecule has 0 radical (unpaired) electrons. The van der Waals surface area contributed by atoms with Crippen LogP contribution in [0.3, 0.4) is 0 Å². The molecule has 0 bridgehead atoms. The minimum Gasteiger partial charge on any atom is -0.457 e. The van der Waals surface area contributed by atoms with Crippen molar-refractivity contribution in [1.82, 2.24) is 0 Å². The lowest BCUT2D eigenvalue weighted by atomic mass is 10.1. The number of aliphatic hydroxyl groups is 1. The van der Waals surface area contributed by atoms with Gasteiger partial charge in [-0.1, -0.05) is 45.2 Å². The SMILES string of the molecule is C[C@@H](O)c1ccc(Oc2ccc(Cl)c(Cl)c2)cc1Br. The van der Waals surface area contributed by atoms with Crippen LogP contribution in [0.1, 0.15) is 18.6 Å². The van der Waals surface area contributed by atoms with Crippen molar-refractivity contribution in [2.45, 2.75) is 13.0 Å². The molecule has 19 heavy (non-hydrogen) atoms. The van der Waals surface area contributed by atoms with Crippen molar-refractivity contribution in [2.75, 3.05) is 0 Å². The molecule has 2 rings (SSSR count). The maximum Gasteiger partial charge on any atom is 0.129 e. The van der Waals surface area contributed by atoms with E-state index in [1.807, 2.05) is 6.07 Å². The molecule has 0 unspecified atom stereocenters. The van der Waals surface area contributed by atoms with Gasteiger partial charge in [0.15, 0.2) is 0 Å². The molecule has 1 N–H and O–H groups in total. The monoisotopic (exact) mass is 360 g/mol. The normalized spacial score (nSPS) is 12.3. The molecule has 0 saturated heterocycles. The maximum absolute atomic E-state index is 9.55. The Hall–Kier alpha value is -0.740. The molecule has 0 fully saturated rings. The quantitative estimate of drug-likeness (QED) is 0.770. The number of ether oxygens (including phenoxy) is 1. The van der Waals surface area contributed by atoms with Crippen molar-refractivity contribution in [3.05, 3.63) is 56.5 Å². The topological polar surface area (TPSA) is 29.5 Å². The molecule has 0 aliphatic rings. The van der Waals surface area contributed by atoms with Crippen LogP contribution in [-0.4, -0.2) is 5.11 Å². The van der Waals surface area contributed by atoms with Gasteiger partial charge in [0.2, 0.25) is 0 Å². The van der Waals surface area contributed by atoms with Crippen LogP contribution in [0.5, 0.6) is 11.5 Å². The minimum atomic E-state index is -0.534. The molecule has 0 heterocycles. The molecule has 1 atom stereocenters. The van der Waals surface area contributed by atoms with Gasteiger partial charge in [-0.25, -0.2) is 0 Å². The summed E-state index contributed by atoms with van der Waals surface area (Å²) >= 11 is 15.2. The van der Waals surface area contributed by atoms with Crippen LogP contribution in [0.25, 0.3) is 0 Å². The van der Waals surface area contributed by atoms with Gasteiger partial charge in [-0.15, -0.1) is 0 Å². The van der Waals surface area contributed by atoms with Crippen LogP contribution in [0.4, 0.5) is 0 Å². The summed E-state index contributed by atoms with van der Waals surface area (Å²) in [5, 5.41) is 10.5. The number of hydrogen-bond donors (Lipinski definition) is 1. The van der Waals surface area contributed by atoms with Crippen molar-refractivity contribution >= 4 is 39.1 Å². The molecule has 5 heteroatoms. The van der Waals surface area contributed by atoms with Gasteiger partial charge in [-0.2, -0.15) is 0 Å². The summed E-state index contributed by atoms with van der Waals surface area (Å²) in [5.41, 5.74) is 0.807. The predicted molar refractivity (Wildman–Crippen MR) is 81.3 cm³/mol. The lowest BCUT2D eigenvalue weighted by molar-refractivity contribution is 0.198. The first-order valence-electron chi connectivity index (χ1n) is 5.58. The third-order valence-corrected chi connectivity index (χ3v) is 3.97. The van der Waals surface area contributed by atoms with E-state index in [1.165, 1.54) is 0 Å². The zero-order chi connectivity index (χ0) is 14.0. The van der Waals surface area contributed by atoms with Crippen LogP contribution in [0, 0.1) is 0 Å². The lowest BCUT2D eigenvalue weighted by Crippen LogP contribution is -1.93. The molecule has 2 nitrogen and oxygen atoms in total. The standard InChI is InChI=1S/C14H11BrCl2O2/c1-8(18)11-4-2-9(6-12(11)15)19-10-3-5-13(16)14(17)7-10/h2-8,18H,1H3/t8-/m1/s1. The second-order valence-corrected chi connectivity index (χ2v) is 5.71. The molecule has 2 aromatic rings. The molecule has 2 aromatic carbocycles. The molecule has 0 amide bonds. The summed E-state index contributed by atoms with van der Waals surface area (Å²) in [6.07, 6.45) is -0.534. The minimum absolute atomic E-state index is 0.443. The van der Waals surface area contributed by atoms with E-state index in [4.69, 9.17) is 27.9 Å². The first-order valence-corrected chi connectivity index (χ1v) is 7.12. The Labute approximate surface area is 130 Å². The Morgan fingerprint density at radius 3 is 2.26 bits per heavy atom. The highest BCUT2D eigenvalue weighted by atomic mass is 79.9. The second kappa shape index (κ2) is 6.14. The average molecular weight is 362 g/mol. The van der Waals surface area contributed by atoms with E-state index in [-0.39, 0.29) is 0 Å². The Morgan fingerprint density at radius 1 is 1.05 bits per heavy atom. The maximum atomic E-state index is 9.55. The second-order valence-electron chi connectivity index (χ2n) is 4.04. The third-order valence-electron chi connectivity index (χ3n) is 2.55. The van der Waals surface area contributed by atoms with Crippen LogP contribution in [-0.2, 0) is 0 Å². The van der Waals surface area contributed by atoms with Crippen LogP contribution in [0.2, 0.25) is 10.0 Å². The first kappa shape index (κ1) is 14.7. The van der Waals surface area contributed by atoms with Crippen molar-refractivity contribution in [1.29, 1.82) is 0 Å². The van der Waals surface area contributed by atoms with E-state index in [9.17, 15) is 5.11 Å². The number of hydrogen-bond acceptors (Lipinski definition) is 2. The molecular formula is C14H11BrCl2O2. The molecule has 0 spiro atoms. The Kier molecular flexibility index (Phi) is 4.74. The van der Waals surface area contributed by atoms with Gasteiger partial charge in [-0.05, 0) is 36.8 Å². The molecule has 0 aromatic heterocycles. The van der Waals surface area contributed by atoms with Gasteiger partial charge < -0.3 is 9.84 Å². The van der Waals surface area contributed by atoms with E-state index in [0.29, 0.717) is 21.5 Å². The van der Waals surface area contributed by atoms with Gasteiger partial charge in [0, 0.05) is 10.5 Å². The van der Waals surface area contributed by atoms with Crippen LogP contribution >= 0.6 is 39.1 Å². The summed E-state index contributed by atoms with van der Waals surface area (Å²) in [4.78, 5) is 0. The molecule has 0 aliphatic carbocycles. The fraction of sp³-hybridized carbons (Fsp3) is 0.143. The van der Waals surface area contributed by atoms with Crippen molar-refractivity contribution in [2.24, 2.45) is 0 Å². The van der Waals surface area contributed by atoms with Crippen LogP contribution < -0.4 is 4.74 Å². The molecule has 0 aliphatic heterocycles. The van der Waals surface area contributed by atoms with Crippen molar-refractivity contribution < 1.29 is 9.84 Å². The lowest BCUT2D eigenvalue weighted by Gasteiger charge is -2.11. The fourth-order valence-electron chi connectivity index (χ4n) is 1.59. The number of halogens is 3. The Morgan fingerprint density at radius 2 is 1.68 bits per heavy atom. The van der Waals surface area contributed by atoms with Gasteiger partial charge in [0.25, 0.3) is 0 Å². The largest absolute Gasteiger partial charge is 0.457 e. The highest BCUT2D eigenvalue weighted by Gasteiger charge is 2.08. The van der Waals surface area contributed by atoms with Crippen molar-refractivity contribution in [3.63, 3.8) is 0 Å². The molecule has 0 saturated carbocycles. The summed E-state index contributed by atoms with van der Waals surface area (Å²) in [6.45, 7) is 1.71. The van der Waals surface area contributed by atoms with Crippen molar-refractivity contribution in [3.8, 4) is 11.5 Å². The van der Waals surface area contributed by atoms with E-state index in [0.717, 1.165) is 10.0 Å². The Bertz CT molecular complexity index is 600. The number of rotatable bonds is 3. The van der Waals surface area contributed by atoms with E-state index in [2.05, 4.69) is 15.9 Å². The fourth-order valence-corrected chi connectivity index (χ4v) is 2.56. The number of benzene rings is 2. The molecular weight excluding hydrogens is 351 g/mol. The van der Waals surface area contributed by atoms with E-state index < -0.39 is 6.10 Å². The van der Waals surface area contributed by atoms with Crippen LogP contribution in [0.15, 0.2) is 40.9 Å². The van der Waals surface area contributed by atoms with Gasteiger partial charge in [0.1, 0.15) is 11.5 Å². The average Bonchev–Trinajstić information content (AvgIpc) is 2.33. The zero-order valence-corrected chi connectivity index (χ0v) is 13.1. The zero-order valence-electron chi connectivity index (χ0n) is 10.0. The van der Waals surface area contributed by atoms with Gasteiger partial charge in [-0.3, -0.25) is 0 Å². The Balaban J connectivity index is 2.24. The third kappa shape index (κ3) is 3.63. The van der Waals surface area contributed by atoms with E-state index in [1.54, 1.807) is 37.3 Å². The smallest absolute Gasteiger partial charge is 0.129 e. The summed E-state index contributed by atoms with van der Waals surface area (Å²) in [7, 11) is 0. The summed E-state index contributed by atoms with van der Waals surface area (Å²) in [5.74, 6) is 1.25. The first-order chi connectivity index (χ1) is 8.97.